The molecule has 0 saturated carbocycles. The second kappa shape index (κ2) is 19.3. The van der Waals surface area contributed by atoms with Gasteiger partial charge in [0.25, 0.3) is 0 Å². The molecule has 0 aliphatic rings. The Morgan fingerprint density at radius 1 is 0.686 bits per heavy atom. The lowest BCUT2D eigenvalue weighted by atomic mass is 10.0. The molecule has 3 unspecified atom stereocenters. The highest BCUT2D eigenvalue weighted by Crippen LogP contribution is 2.21. The van der Waals surface area contributed by atoms with Gasteiger partial charge in [0.05, 0.1) is 38.0 Å². The molecule has 0 fully saturated rings. The van der Waals surface area contributed by atoms with Crippen LogP contribution >= 0.6 is 0 Å². The van der Waals surface area contributed by atoms with E-state index in [0.717, 1.165) is 32.2 Å². The van der Waals surface area contributed by atoms with Gasteiger partial charge in [-0.15, -0.1) is 6.58 Å². The molecule has 0 amide bonds. The van der Waals surface area contributed by atoms with E-state index in [1.165, 1.54) is 38.5 Å². The standard InChI is InChI=1S/C28H51NO6/c1-5-6-7-8-9-10-11-12-13-14-15-19-29(20-16-23(2)26(30)31,21-17-24(3)27(32)33)22-18-25(4)28(34)35/h5,23-25H,1,6-22H2,2-4H3,(H2-,30,31,32,33,34,35). The van der Waals surface area contributed by atoms with Crippen LogP contribution in [0.3, 0.4) is 0 Å². The highest BCUT2D eigenvalue weighted by atomic mass is 16.4. The number of carboxylic acids is 3. The van der Waals surface area contributed by atoms with Gasteiger partial charge in [0.2, 0.25) is 0 Å². The molecular weight excluding hydrogens is 446 g/mol. The number of unbranched alkanes of at least 4 members (excludes halogenated alkanes) is 9. The molecule has 0 radical (unpaired) electrons. The van der Waals surface area contributed by atoms with Crippen LogP contribution in [0.1, 0.15) is 104 Å². The molecule has 7 heteroatoms. The summed E-state index contributed by atoms with van der Waals surface area (Å²) in [6.45, 7) is 11.4. The van der Waals surface area contributed by atoms with Crippen LogP contribution in [-0.2, 0) is 14.4 Å². The van der Waals surface area contributed by atoms with Crippen LogP contribution in [0.4, 0.5) is 0 Å². The smallest absolute Gasteiger partial charge is 0.306 e. The van der Waals surface area contributed by atoms with Gasteiger partial charge in [-0.2, -0.15) is 0 Å². The van der Waals surface area contributed by atoms with Crippen LogP contribution in [0.25, 0.3) is 0 Å². The molecule has 35 heavy (non-hydrogen) atoms. The van der Waals surface area contributed by atoms with Crippen molar-refractivity contribution >= 4 is 17.9 Å². The Labute approximate surface area is 213 Å². The lowest BCUT2D eigenvalue weighted by Crippen LogP contribution is -2.52. The maximum atomic E-state index is 11.4. The number of quaternary nitrogens is 1. The van der Waals surface area contributed by atoms with Gasteiger partial charge in [0.15, 0.2) is 0 Å². The summed E-state index contributed by atoms with van der Waals surface area (Å²) in [5.41, 5.74) is 0. The summed E-state index contributed by atoms with van der Waals surface area (Å²) in [5.74, 6) is -4.33. The fourth-order valence-electron chi connectivity index (χ4n) is 4.41. The summed E-state index contributed by atoms with van der Waals surface area (Å²) in [7, 11) is 0. The van der Waals surface area contributed by atoms with Gasteiger partial charge in [-0.25, -0.2) is 0 Å². The number of hydrogen-bond acceptors (Lipinski definition) is 4. The minimum absolute atomic E-state index is 0.442. The van der Waals surface area contributed by atoms with Gasteiger partial charge in [0, 0.05) is 31.1 Å². The summed E-state index contributed by atoms with van der Waals surface area (Å²) in [6, 6.07) is 0. The Hall–Kier alpha value is -1.89. The van der Waals surface area contributed by atoms with Crippen molar-refractivity contribution in [2.45, 2.75) is 104 Å². The maximum absolute atomic E-state index is 11.4. The van der Waals surface area contributed by atoms with Crippen molar-refractivity contribution < 1.29 is 34.2 Å². The Morgan fingerprint density at radius 2 is 1.06 bits per heavy atom. The molecule has 7 nitrogen and oxygen atoms in total. The molecule has 0 saturated heterocycles. The van der Waals surface area contributed by atoms with E-state index in [4.69, 9.17) is 0 Å². The van der Waals surface area contributed by atoms with Crippen LogP contribution in [0, 0.1) is 17.8 Å². The van der Waals surface area contributed by atoms with Gasteiger partial charge in [-0.1, -0.05) is 65.4 Å². The molecule has 0 aromatic carbocycles. The van der Waals surface area contributed by atoms with Crippen molar-refractivity contribution in [2.24, 2.45) is 17.8 Å². The molecule has 0 rings (SSSR count). The SMILES string of the molecule is C=CCCCCCCCCCCC[N+](CCC(C)C(=O)[O-])(CCC(C)C(=O)O)CCC(C)C(=O)O. The average molecular weight is 498 g/mol. The van der Waals surface area contributed by atoms with Crippen LogP contribution in [0.5, 0.6) is 0 Å². The molecule has 2 N–H and O–H groups in total. The van der Waals surface area contributed by atoms with E-state index in [1.807, 2.05) is 6.08 Å². The molecule has 0 spiro atoms. The summed E-state index contributed by atoms with van der Waals surface area (Å²) in [5, 5.41) is 30.0. The predicted molar refractivity (Wildman–Crippen MR) is 138 cm³/mol. The monoisotopic (exact) mass is 497 g/mol. The van der Waals surface area contributed by atoms with Crippen molar-refractivity contribution in [3.8, 4) is 0 Å². The Morgan fingerprint density at radius 3 is 1.43 bits per heavy atom. The van der Waals surface area contributed by atoms with Crippen molar-refractivity contribution in [3.05, 3.63) is 12.7 Å². The molecule has 0 aliphatic heterocycles. The van der Waals surface area contributed by atoms with Crippen molar-refractivity contribution in [3.63, 3.8) is 0 Å². The molecular formula is C28H51NO6. The third kappa shape index (κ3) is 16.4. The summed E-state index contributed by atoms with van der Waals surface area (Å²) in [6.07, 6.45) is 15.2. The summed E-state index contributed by atoms with van der Waals surface area (Å²) in [4.78, 5) is 34.1. The Bertz CT molecular complexity index is 561. The third-order valence-electron chi connectivity index (χ3n) is 7.40. The lowest BCUT2D eigenvalue weighted by Gasteiger charge is -2.41. The lowest BCUT2D eigenvalue weighted by molar-refractivity contribution is -0.929. The summed E-state index contributed by atoms with van der Waals surface area (Å²) >= 11 is 0. The number of rotatable bonds is 24. The Balaban J connectivity index is 4.97. The fraction of sp³-hybridized carbons (Fsp3) is 0.821. The van der Waals surface area contributed by atoms with Gasteiger partial charge in [0.1, 0.15) is 0 Å². The van der Waals surface area contributed by atoms with Crippen LogP contribution in [-0.4, -0.2) is 58.8 Å². The fourth-order valence-corrected chi connectivity index (χ4v) is 4.41. The number of carbonyl (C=O) groups excluding carboxylic acids is 1. The zero-order valence-corrected chi connectivity index (χ0v) is 22.5. The van der Waals surface area contributed by atoms with Crippen molar-refractivity contribution in [1.29, 1.82) is 0 Å². The second-order valence-electron chi connectivity index (χ2n) is 10.6. The second-order valence-corrected chi connectivity index (χ2v) is 10.6. The first-order valence-corrected chi connectivity index (χ1v) is 13.7. The first-order valence-electron chi connectivity index (χ1n) is 13.7. The number of aliphatic carboxylic acids is 3. The minimum atomic E-state index is -1.08. The van der Waals surface area contributed by atoms with E-state index < -0.39 is 35.7 Å². The first kappa shape index (κ1) is 33.1. The topological polar surface area (TPSA) is 115 Å². The molecule has 204 valence electrons. The molecule has 0 aliphatic carbocycles. The van der Waals surface area contributed by atoms with E-state index in [1.54, 1.807) is 20.8 Å². The molecule has 0 aromatic heterocycles. The molecule has 0 aromatic rings. The van der Waals surface area contributed by atoms with Crippen molar-refractivity contribution in [1.82, 2.24) is 0 Å². The first-order chi connectivity index (χ1) is 16.5. The Kier molecular flexibility index (Phi) is 18.3. The zero-order chi connectivity index (χ0) is 26.7. The number of hydrogen-bond donors (Lipinski definition) is 2. The molecule has 0 bridgehead atoms. The van der Waals surface area contributed by atoms with E-state index in [2.05, 4.69) is 6.58 Å². The number of carboxylic acid groups (broad SMARTS) is 3. The summed E-state index contributed by atoms with van der Waals surface area (Å²) < 4.78 is 0.580. The largest absolute Gasteiger partial charge is 0.550 e. The van der Waals surface area contributed by atoms with Gasteiger partial charge in [-0.05, 0) is 25.7 Å². The van der Waals surface area contributed by atoms with Gasteiger partial charge < -0.3 is 24.6 Å². The quantitative estimate of drug-likeness (QED) is 0.111. The van der Waals surface area contributed by atoms with Crippen LogP contribution < -0.4 is 5.11 Å². The minimum Gasteiger partial charge on any atom is -0.550 e. The average Bonchev–Trinajstić information content (AvgIpc) is 2.82. The highest BCUT2D eigenvalue weighted by Gasteiger charge is 2.30. The number of carbonyl (C=O) groups is 3. The van der Waals surface area contributed by atoms with Crippen LogP contribution in [0.2, 0.25) is 0 Å². The van der Waals surface area contributed by atoms with Gasteiger partial charge >= 0.3 is 11.9 Å². The number of allylic oxidation sites excluding steroid dienone is 1. The normalized spacial score (nSPS) is 15.6. The van der Waals surface area contributed by atoms with Crippen molar-refractivity contribution in [2.75, 3.05) is 26.2 Å². The molecule has 0 heterocycles. The van der Waals surface area contributed by atoms with E-state index in [-0.39, 0.29) is 0 Å². The van der Waals surface area contributed by atoms with E-state index in [0.29, 0.717) is 43.4 Å². The molecule has 3 atom stereocenters. The van der Waals surface area contributed by atoms with E-state index >= 15 is 0 Å². The predicted octanol–water partition coefficient (Wildman–Crippen LogP) is 4.89. The number of nitrogens with zero attached hydrogens (tertiary/aromatic N) is 1. The third-order valence-corrected chi connectivity index (χ3v) is 7.40. The zero-order valence-electron chi connectivity index (χ0n) is 22.5. The maximum Gasteiger partial charge on any atom is 0.306 e. The van der Waals surface area contributed by atoms with Gasteiger partial charge in [-0.3, -0.25) is 9.59 Å². The highest BCUT2D eigenvalue weighted by molar-refractivity contribution is 5.69. The van der Waals surface area contributed by atoms with Crippen LogP contribution in [0.15, 0.2) is 12.7 Å². The van der Waals surface area contributed by atoms with E-state index in [9.17, 15) is 29.7 Å².